The van der Waals surface area contributed by atoms with Gasteiger partial charge in [-0.05, 0) is 44.6 Å². The Kier molecular flexibility index (Phi) is 5.20. The monoisotopic (exact) mass is 294 g/mol. The van der Waals surface area contributed by atoms with E-state index in [1.54, 1.807) is 0 Å². The molecular weight excluding hydrogens is 272 g/mol. The molecule has 1 atom stereocenters. The third kappa shape index (κ3) is 3.22. The van der Waals surface area contributed by atoms with Crippen molar-refractivity contribution in [3.8, 4) is 5.75 Å². The quantitative estimate of drug-likeness (QED) is 0.787. The zero-order valence-electron chi connectivity index (χ0n) is 12.3. The number of fused-ring (bicyclic) bond motifs is 1. The third-order valence-corrected chi connectivity index (χ3v) is 3.45. The normalized spacial score (nSPS) is 12.8. The van der Waals surface area contributed by atoms with E-state index in [9.17, 15) is 0 Å². The largest absolute Gasteiger partial charge is 0.491 e. The lowest BCUT2D eigenvalue weighted by atomic mass is 10.3. The lowest BCUT2D eigenvalue weighted by molar-refractivity contribution is 0.0645. The molecule has 0 spiro atoms. The predicted octanol–water partition coefficient (Wildman–Crippen LogP) is 3.91. The molecule has 0 saturated carbocycles. The minimum atomic E-state index is 0.130. The summed E-state index contributed by atoms with van der Waals surface area (Å²) in [5.74, 6) is 0.860. The molecular formula is C15H22N2O2S. The highest BCUT2D eigenvalue weighted by Crippen LogP contribution is 2.25. The van der Waals surface area contributed by atoms with Crippen molar-refractivity contribution in [2.45, 2.75) is 39.8 Å². The van der Waals surface area contributed by atoms with Crippen molar-refractivity contribution < 1.29 is 9.47 Å². The number of imidazole rings is 1. The lowest BCUT2D eigenvalue weighted by Gasteiger charge is -2.13. The van der Waals surface area contributed by atoms with Crippen molar-refractivity contribution in [2.24, 2.45) is 0 Å². The molecule has 0 radical (unpaired) electrons. The van der Waals surface area contributed by atoms with Crippen molar-refractivity contribution >= 4 is 23.3 Å². The molecule has 1 aromatic carbocycles. The van der Waals surface area contributed by atoms with E-state index in [0.717, 1.165) is 29.7 Å². The van der Waals surface area contributed by atoms with E-state index >= 15 is 0 Å². The number of hydrogen-bond donors (Lipinski definition) is 1. The molecule has 0 saturated heterocycles. The summed E-state index contributed by atoms with van der Waals surface area (Å²) in [5, 5.41) is 0. The molecule has 1 aromatic heterocycles. The Morgan fingerprint density at radius 1 is 1.35 bits per heavy atom. The number of hydrogen-bond acceptors (Lipinski definition) is 3. The van der Waals surface area contributed by atoms with E-state index in [1.807, 2.05) is 19.1 Å². The number of nitrogens with one attached hydrogen (secondary N) is 1. The van der Waals surface area contributed by atoms with Crippen LogP contribution in [0.2, 0.25) is 0 Å². The van der Waals surface area contributed by atoms with Crippen LogP contribution >= 0.6 is 12.2 Å². The Morgan fingerprint density at radius 2 is 2.15 bits per heavy atom. The maximum atomic E-state index is 5.77. The van der Waals surface area contributed by atoms with Crippen molar-refractivity contribution in [1.29, 1.82) is 0 Å². The van der Waals surface area contributed by atoms with Crippen molar-refractivity contribution in [3.05, 3.63) is 23.0 Å². The first-order chi connectivity index (χ1) is 9.67. The second-order valence-corrected chi connectivity index (χ2v) is 5.19. The number of nitrogens with zero attached hydrogens (tertiary/aromatic N) is 1. The molecule has 2 rings (SSSR count). The van der Waals surface area contributed by atoms with Gasteiger partial charge < -0.3 is 19.0 Å². The highest BCUT2D eigenvalue weighted by Gasteiger charge is 2.11. The molecule has 0 aliphatic heterocycles. The number of benzene rings is 1. The van der Waals surface area contributed by atoms with Gasteiger partial charge in [0, 0.05) is 6.61 Å². The predicted molar refractivity (Wildman–Crippen MR) is 84.0 cm³/mol. The van der Waals surface area contributed by atoms with Crippen LogP contribution in [-0.4, -0.2) is 28.9 Å². The van der Waals surface area contributed by atoms with E-state index in [4.69, 9.17) is 21.7 Å². The number of ether oxygens (including phenoxy) is 2. The Labute approximate surface area is 124 Å². The third-order valence-electron chi connectivity index (χ3n) is 3.12. The molecule has 5 heteroatoms. The zero-order chi connectivity index (χ0) is 14.5. The van der Waals surface area contributed by atoms with E-state index in [0.29, 0.717) is 18.0 Å². The number of para-hydroxylation sites is 1. The second kappa shape index (κ2) is 6.90. The molecule has 1 heterocycles. The van der Waals surface area contributed by atoms with Gasteiger partial charge in [-0.1, -0.05) is 13.0 Å². The first kappa shape index (κ1) is 15.1. The van der Waals surface area contributed by atoms with E-state index < -0.39 is 0 Å². The standard InChI is InChI=1S/C15H22N2O2S/c1-4-9-19-13-8-6-7-12-14(13)16-15(20)17(12)10-11(3)18-5-2/h6-8,11H,4-5,9-10H2,1-3H3,(H,16,20). The maximum Gasteiger partial charge on any atom is 0.178 e. The fourth-order valence-corrected chi connectivity index (χ4v) is 2.54. The Morgan fingerprint density at radius 3 is 2.85 bits per heavy atom. The molecule has 20 heavy (non-hydrogen) atoms. The molecule has 0 aliphatic rings. The summed E-state index contributed by atoms with van der Waals surface area (Å²) in [6.45, 7) is 8.31. The highest BCUT2D eigenvalue weighted by molar-refractivity contribution is 7.71. The molecule has 0 aliphatic carbocycles. The van der Waals surface area contributed by atoms with Gasteiger partial charge in [-0.15, -0.1) is 0 Å². The van der Waals surface area contributed by atoms with Crippen LogP contribution < -0.4 is 4.74 Å². The summed E-state index contributed by atoms with van der Waals surface area (Å²) < 4.78 is 14.1. The summed E-state index contributed by atoms with van der Waals surface area (Å²) in [5.41, 5.74) is 2.03. The van der Waals surface area contributed by atoms with E-state index in [1.165, 1.54) is 0 Å². The molecule has 4 nitrogen and oxygen atoms in total. The number of rotatable bonds is 7. The first-order valence-electron chi connectivity index (χ1n) is 7.13. The highest BCUT2D eigenvalue weighted by atomic mass is 32.1. The van der Waals surface area contributed by atoms with Gasteiger partial charge >= 0.3 is 0 Å². The minimum Gasteiger partial charge on any atom is -0.491 e. The SMILES string of the molecule is CCCOc1cccc2c1[nH]c(=S)n2CC(C)OCC. The smallest absolute Gasteiger partial charge is 0.178 e. The molecule has 0 bridgehead atoms. The Bertz CT molecular complexity index is 618. The van der Waals surface area contributed by atoms with Crippen LogP contribution in [0.25, 0.3) is 11.0 Å². The van der Waals surface area contributed by atoms with E-state index in [2.05, 4.69) is 29.5 Å². The Balaban J connectivity index is 2.36. The van der Waals surface area contributed by atoms with Gasteiger partial charge in [-0.3, -0.25) is 0 Å². The summed E-state index contributed by atoms with van der Waals surface area (Å²) in [6.07, 6.45) is 1.12. The topological polar surface area (TPSA) is 39.2 Å². The number of H-pyrrole nitrogens is 1. The van der Waals surface area contributed by atoms with Crippen molar-refractivity contribution in [1.82, 2.24) is 9.55 Å². The fraction of sp³-hybridized carbons (Fsp3) is 0.533. The Hall–Kier alpha value is -1.33. The van der Waals surface area contributed by atoms with Gasteiger partial charge in [-0.25, -0.2) is 0 Å². The average Bonchev–Trinajstić information content (AvgIpc) is 2.74. The maximum absolute atomic E-state index is 5.77. The number of aromatic nitrogens is 2. The minimum absolute atomic E-state index is 0.130. The van der Waals surface area contributed by atoms with Crippen LogP contribution in [0.1, 0.15) is 27.2 Å². The van der Waals surface area contributed by atoms with Crippen LogP contribution in [0.5, 0.6) is 5.75 Å². The van der Waals surface area contributed by atoms with Crippen LogP contribution in [-0.2, 0) is 11.3 Å². The summed E-state index contributed by atoms with van der Waals surface area (Å²) in [4.78, 5) is 3.25. The van der Waals surface area contributed by atoms with Crippen LogP contribution in [0.15, 0.2) is 18.2 Å². The van der Waals surface area contributed by atoms with Gasteiger partial charge in [-0.2, -0.15) is 0 Å². The molecule has 110 valence electrons. The number of aromatic amines is 1. The van der Waals surface area contributed by atoms with Gasteiger partial charge in [0.15, 0.2) is 4.77 Å². The molecule has 0 fully saturated rings. The molecule has 0 amide bonds. The van der Waals surface area contributed by atoms with Gasteiger partial charge in [0.1, 0.15) is 11.3 Å². The van der Waals surface area contributed by atoms with Gasteiger partial charge in [0.25, 0.3) is 0 Å². The van der Waals surface area contributed by atoms with Crippen LogP contribution in [0, 0.1) is 4.77 Å². The molecule has 1 unspecified atom stereocenters. The molecule has 2 aromatic rings. The summed E-state index contributed by atoms with van der Waals surface area (Å²) >= 11 is 5.42. The van der Waals surface area contributed by atoms with Crippen molar-refractivity contribution in [2.75, 3.05) is 13.2 Å². The van der Waals surface area contributed by atoms with Gasteiger partial charge in [0.05, 0.1) is 24.8 Å². The van der Waals surface area contributed by atoms with E-state index in [-0.39, 0.29) is 6.10 Å². The summed E-state index contributed by atoms with van der Waals surface area (Å²) in [7, 11) is 0. The molecule has 1 N–H and O–H groups in total. The summed E-state index contributed by atoms with van der Waals surface area (Å²) in [6, 6.07) is 6.02. The van der Waals surface area contributed by atoms with Crippen LogP contribution in [0.4, 0.5) is 0 Å². The van der Waals surface area contributed by atoms with Gasteiger partial charge in [0.2, 0.25) is 0 Å². The zero-order valence-corrected chi connectivity index (χ0v) is 13.1. The lowest BCUT2D eigenvalue weighted by Crippen LogP contribution is -2.16. The van der Waals surface area contributed by atoms with Crippen molar-refractivity contribution in [3.63, 3.8) is 0 Å². The average molecular weight is 294 g/mol. The fourth-order valence-electron chi connectivity index (χ4n) is 2.26. The first-order valence-corrected chi connectivity index (χ1v) is 7.54. The second-order valence-electron chi connectivity index (χ2n) is 4.81. The van der Waals surface area contributed by atoms with Crippen LogP contribution in [0.3, 0.4) is 0 Å².